The van der Waals surface area contributed by atoms with Crippen LogP contribution in [0.25, 0.3) is 33.4 Å². The smallest absolute Gasteiger partial charge is 0.00268 e. The van der Waals surface area contributed by atoms with Gasteiger partial charge in [0, 0.05) is 0 Å². The molecule has 4 aromatic rings. The molecule has 0 heterocycles. The molecule has 0 N–H and O–H groups in total. The van der Waals surface area contributed by atoms with Crippen LogP contribution >= 0.6 is 0 Å². The Balaban J connectivity index is 0.00000182. The molecular weight excluding hydrogens is 311 g/mol. The molecule has 4 aromatic carbocycles. The van der Waals surface area contributed by atoms with Crippen molar-refractivity contribution in [3.63, 3.8) is 0 Å². The molecule has 0 unspecified atom stereocenters. The van der Waals surface area contributed by atoms with E-state index in [4.69, 9.17) is 0 Å². The Hall–Kier alpha value is -2.12. The second-order valence-electron chi connectivity index (χ2n) is 5.83. The van der Waals surface area contributed by atoms with Gasteiger partial charge in [-0.1, -0.05) is 109 Å². The summed E-state index contributed by atoms with van der Waals surface area (Å²) in [6.07, 6.45) is 0. The van der Waals surface area contributed by atoms with Gasteiger partial charge in [0.25, 0.3) is 0 Å². The minimum absolute atomic E-state index is 0. The minimum Gasteiger partial charge on any atom is -0.0622 e. The van der Waals surface area contributed by atoms with Crippen LogP contribution in [-0.2, 0) is 0 Å². The van der Waals surface area contributed by atoms with Crippen LogP contribution in [-0.4, -0.2) is 29.6 Å². The molecule has 0 aliphatic rings. The van der Waals surface area contributed by atoms with Crippen LogP contribution in [0.3, 0.4) is 0 Å². The number of hydrogen-bond acceptors (Lipinski definition) is 0. The summed E-state index contributed by atoms with van der Waals surface area (Å²) in [4.78, 5) is 0. The Labute approximate surface area is 171 Å². The maximum atomic E-state index is 2.21. The van der Waals surface area contributed by atoms with E-state index in [0.29, 0.717) is 0 Å². The van der Waals surface area contributed by atoms with Gasteiger partial charge < -0.3 is 0 Å². The van der Waals surface area contributed by atoms with Crippen LogP contribution in [0.2, 0.25) is 0 Å². The fraction of sp³-hybridized carbons (Fsp3) is 0. The molecule has 0 nitrogen and oxygen atoms in total. The predicted octanol–water partition coefficient (Wildman–Crippen LogP) is 6.04. The van der Waals surface area contributed by atoms with Gasteiger partial charge in [-0.15, -0.1) is 0 Å². The van der Waals surface area contributed by atoms with Crippen molar-refractivity contribution in [2.24, 2.45) is 0 Å². The molecule has 0 radical (unpaired) electrons. The Morgan fingerprint density at radius 2 is 0.680 bits per heavy atom. The molecule has 0 fully saturated rings. The van der Waals surface area contributed by atoms with E-state index in [2.05, 4.69) is 109 Å². The van der Waals surface area contributed by atoms with Crippen molar-refractivity contribution in [3.05, 3.63) is 109 Å². The summed E-state index contributed by atoms with van der Waals surface area (Å²) in [7, 11) is 0. The third kappa shape index (κ3) is 3.77. The van der Waals surface area contributed by atoms with Gasteiger partial charge >= 0.3 is 29.6 Å². The molecule has 0 saturated heterocycles. The first kappa shape index (κ1) is 17.7. The zero-order chi connectivity index (χ0) is 16.2. The van der Waals surface area contributed by atoms with Crippen molar-refractivity contribution >= 4 is 29.6 Å². The van der Waals surface area contributed by atoms with Crippen molar-refractivity contribution in [2.45, 2.75) is 0 Å². The van der Waals surface area contributed by atoms with Crippen LogP contribution in [0.5, 0.6) is 0 Å². The van der Waals surface area contributed by atoms with E-state index in [1.54, 1.807) is 0 Å². The summed E-state index contributed by atoms with van der Waals surface area (Å²) in [5, 5.41) is 0. The number of benzene rings is 4. The van der Waals surface area contributed by atoms with Gasteiger partial charge in [0.2, 0.25) is 0 Å². The molecule has 1 heteroatoms. The fourth-order valence-electron chi connectivity index (χ4n) is 3.18. The summed E-state index contributed by atoms with van der Waals surface area (Å²) in [6.45, 7) is 0. The molecule has 0 aliphatic heterocycles. The Morgan fingerprint density at radius 3 is 1.08 bits per heavy atom. The van der Waals surface area contributed by atoms with E-state index in [1.807, 2.05) is 0 Å². The topological polar surface area (TPSA) is 0 Å². The molecule has 4 rings (SSSR count). The standard InChI is InChI=1S/C24H18.Na.H/c1-4-11-19(12-5-1)22-17-10-18-23(20-13-6-2-7-14-20)24(22)21-15-8-3-9-16-21;;/h1-18H;;. The summed E-state index contributed by atoms with van der Waals surface area (Å²) in [6, 6.07) is 38.4. The van der Waals surface area contributed by atoms with E-state index in [0.717, 1.165) is 0 Å². The number of rotatable bonds is 3. The predicted molar refractivity (Wildman–Crippen MR) is 110 cm³/mol. The number of hydrogen-bond donors (Lipinski definition) is 0. The monoisotopic (exact) mass is 330 g/mol. The van der Waals surface area contributed by atoms with Crippen LogP contribution in [0.15, 0.2) is 109 Å². The van der Waals surface area contributed by atoms with Gasteiger partial charge in [0.15, 0.2) is 0 Å². The average molecular weight is 330 g/mol. The average Bonchev–Trinajstić information content (AvgIpc) is 2.69. The Kier molecular flexibility index (Phi) is 5.88. The SMILES string of the molecule is [NaH].c1ccc(-c2cccc(-c3ccccc3)c2-c2ccccc2)cc1. The molecule has 0 saturated carbocycles. The molecule has 0 atom stereocenters. The van der Waals surface area contributed by atoms with Gasteiger partial charge in [-0.05, 0) is 33.4 Å². The van der Waals surface area contributed by atoms with Gasteiger partial charge in [0.1, 0.15) is 0 Å². The zero-order valence-electron chi connectivity index (χ0n) is 13.4. The van der Waals surface area contributed by atoms with E-state index in [-0.39, 0.29) is 29.6 Å². The van der Waals surface area contributed by atoms with Crippen molar-refractivity contribution in [3.8, 4) is 33.4 Å². The molecule has 25 heavy (non-hydrogen) atoms. The third-order valence-corrected chi connectivity index (χ3v) is 4.30. The van der Waals surface area contributed by atoms with Crippen molar-refractivity contribution < 1.29 is 0 Å². The minimum atomic E-state index is 0. The molecule has 0 amide bonds. The first-order valence-corrected chi connectivity index (χ1v) is 8.23. The molecule has 116 valence electrons. The quantitative estimate of drug-likeness (QED) is 0.402. The summed E-state index contributed by atoms with van der Waals surface area (Å²) >= 11 is 0. The van der Waals surface area contributed by atoms with Gasteiger partial charge in [0.05, 0.1) is 0 Å². The van der Waals surface area contributed by atoms with E-state index in [1.165, 1.54) is 33.4 Å². The van der Waals surface area contributed by atoms with Gasteiger partial charge in [-0.2, -0.15) is 0 Å². The largest absolute Gasteiger partial charge is 0.0622 e. The van der Waals surface area contributed by atoms with Crippen molar-refractivity contribution in [1.82, 2.24) is 0 Å². The van der Waals surface area contributed by atoms with Gasteiger partial charge in [-0.3, -0.25) is 0 Å². The maximum Gasteiger partial charge on any atom is -0.00268 e. The Bertz CT molecular complexity index is 872. The molecule has 0 aliphatic carbocycles. The zero-order valence-corrected chi connectivity index (χ0v) is 13.4. The van der Waals surface area contributed by atoms with Crippen LogP contribution in [0, 0.1) is 0 Å². The second kappa shape index (κ2) is 8.31. The molecule has 0 spiro atoms. The van der Waals surface area contributed by atoms with Crippen molar-refractivity contribution in [1.29, 1.82) is 0 Å². The van der Waals surface area contributed by atoms with Crippen LogP contribution in [0.1, 0.15) is 0 Å². The molecule has 0 bridgehead atoms. The van der Waals surface area contributed by atoms with Crippen LogP contribution in [0.4, 0.5) is 0 Å². The Morgan fingerprint density at radius 1 is 0.320 bits per heavy atom. The molecular formula is C24H19Na. The normalized spacial score (nSPS) is 10.1. The second-order valence-corrected chi connectivity index (χ2v) is 5.83. The van der Waals surface area contributed by atoms with E-state index in [9.17, 15) is 0 Å². The maximum absolute atomic E-state index is 2.21. The first-order valence-electron chi connectivity index (χ1n) is 8.23. The van der Waals surface area contributed by atoms with E-state index < -0.39 is 0 Å². The molecule has 0 aromatic heterocycles. The third-order valence-electron chi connectivity index (χ3n) is 4.30. The van der Waals surface area contributed by atoms with Crippen molar-refractivity contribution in [2.75, 3.05) is 0 Å². The fourth-order valence-corrected chi connectivity index (χ4v) is 3.18. The van der Waals surface area contributed by atoms with E-state index >= 15 is 0 Å². The van der Waals surface area contributed by atoms with Crippen LogP contribution < -0.4 is 0 Å². The van der Waals surface area contributed by atoms with Gasteiger partial charge in [-0.25, -0.2) is 0 Å². The first-order chi connectivity index (χ1) is 11.9. The summed E-state index contributed by atoms with van der Waals surface area (Å²) in [5.41, 5.74) is 7.56. The summed E-state index contributed by atoms with van der Waals surface area (Å²) in [5.74, 6) is 0. The summed E-state index contributed by atoms with van der Waals surface area (Å²) < 4.78 is 0.